The maximum Gasteiger partial charge on any atom is 0.228 e. The average Bonchev–Trinajstić information content (AvgIpc) is 3.29. The van der Waals surface area contributed by atoms with Crippen LogP contribution in [0.3, 0.4) is 0 Å². The molecular formula is C15H19N3O4S2. The van der Waals surface area contributed by atoms with Crippen LogP contribution in [0, 0.1) is 5.92 Å². The molecule has 0 aromatic carbocycles. The molecule has 130 valence electrons. The molecule has 0 aliphatic carbocycles. The molecule has 2 bridgehead atoms. The van der Waals surface area contributed by atoms with Gasteiger partial charge in [0.05, 0.1) is 23.8 Å². The van der Waals surface area contributed by atoms with Gasteiger partial charge in [-0.25, -0.2) is 8.42 Å². The first kappa shape index (κ1) is 16.2. The van der Waals surface area contributed by atoms with E-state index in [4.69, 9.17) is 4.74 Å². The molecule has 4 rings (SSSR count). The summed E-state index contributed by atoms with van der Waals surface area (Å²) in [6.07, 6.45) is 7.45. The molecule has 24 heavy (non-hydrogen) atoms. The van der Waals surface area contributed by atoms with Gasteiger partial charge < -0.3 is 9.64 Å². The number of nitrogens with zero attached hydrogens (tertiary/aromatic N) is 3. The van der Waals surface area contributed by atoms with Crippen molar-refractivity contribution in [1.82, 2.24) is 14.5 Å². The Kier molecular flexibility index (Phi) is 3.97. The molecular weight excluding hydrogens is 350 g/mol. The molecule has 3 unspecified atom stereocenters. The van der Waals surface area contributed by atoms with Crippen molar-refractivity contribution in [2.75, 3.05) is 19.3 Å². The third-order valence-corrected chi connectivity index (χ3v) is 7.61. The van der Waals surface area contributed by atoms with E-state index in [0.717, 1.165) is 30.8 Å². The van der Waals surface area contributed by atoms with Gasteiger partial charge >= 0.3 is 0 Å². The first-order valence-electron chi connectivity index (χ1n) is 8.08. The number of amides is 1. The van der Waals surface area contributed by atoms with Crippen LogP contribution in [0.4, 0.5) is 0 Å². The van der Waals surface area contributed by atoms with E-state index >= 15 is 0 Å². The van der Waals surface area contributed by atoms with Crippen LogP contribution < -0.4 is 0 Å². The molecule has 0 spiro atoms. The molecule has 0 saturated carbocycles. The van der Waals surface area contributed by atoms with Crippen LogP contribution in [-0.2, 0) is 19.4 Å². The summed E-state index contributed by atoms with van der Waals surface area (Å²) in [7, 11) is -3.30. The number of hydrogen-bond acceptors (Lipinski definition) is 7. The van der Waals surface area contributed by atoms with Crippen molar-refractivity contribution in [3.8, 4) is 0 Å². The van der Waals surface area contributed by atoms with Gasteiger partial charge in [0.25, 0.3) is 0 Å². The molecule has 7 nitrogen and oxygen atoms in total. The van der Waals surface area contributed by atoms with Crippen molar-refractivity contribution in [2.24, 2.45) is 5.92 Å². The van der Waals surface area contributed by atoms with Crippen LogP contribution in [0.2, 0.25) is 0 Å². The average molecular weight is 369 g/mol. The van der Waals surface area contributed by atoms with E-state index < -0.39 is 9.84 Å². The predicted octanol–water partition coefficient (Wildman–Crippen LogP) is 0.991. The van der Waals surface area contributed by atoms with Crippen molar-refractivity contribution >= 4 is 27.3 Å². The molecule has 3 atom stereocenters. The molecule has 3 aliphatic heterocycles. The van der Waals surface area contributed by atoms with Crippen molar-refractivity contribution in [3.63, 3.8) is 0 Å². The summed E-state index contributed by atoms with van der Waals surface area (Å²) in [4.78, 5) is 14.6. The quantitative estimate of drug-likeness (QED) is 0.738. The molecule has 0 radical (unpaired) electrons. The van der Waals surface area contributed by atoms with Gasteiger partial charge in [-0.2, -0.15) is 0 Å². The molecule has 1 amide bonds. The minimum Gasteiger partial charge on any atom is -0.366 e. The summed E-state index contributed by atoms with van der Waals surface area (Å²) in [5.41, 5.74) is 0.570. The van der Waals surface area contributed by atoms with Crippen molar-refractivity contribution < 1.29 is 17.9 Å². The van der Waals surface area contributed by atoms with Gasteiger partial charge in [-0.05, 0) is 19.3 Å². The third-order valence-electron chi connectivity index (χ3n) is 5.06. The van der Waals surface area contributed by atoms with Gasteiger partial charge in [0.1, 0.15) is 0 Å². The number of rotatable bonds is 3. The van der Waals surface area contributed by atoms with Gasteiger partial charge in [0.15, 0.2) is 14.0 Å². The number of sulfone groups is 1. The Hall–Kier alpha value is -1.32. The second-order valence-electron chi connectivity index (χ2n) is 6.68. The topological polar surface area (TPSA) is 89.5 Å². The summed E-state index contributed by atoms with van der Waals surface area (Å²) in [6, 6.07) is 0. The zero-order valence-corrected chi connectivity index (χ0v) is 14.9. The number of piperidine rings is 1. The van der Waals surface area contributed by atoms with E-state index in [1.165, 1.54) is 6.26 Å². The zero-order valence-electron chi connectivity index (χ0n) is 13.3. The zero-order chi connectivity index (χ0) is 16.9. The van der Waals surface area contributed by atoms with Gasteiger partial charge in [0.2, 0.25) is 5.91 Å². The van der Waals surface area contributed by atoms with E-state index in [9.17, 15) is 13.2 Å². The SMILES string of the molecule is CS(=O)(=O)c1snnc1C1CCN(C(=O)C2CC3C=CC2O3)CC1. The summed E-state index contributed by atoms with van der Waals surface area (Å²) in [5.74, 6) is 0.141. The van der Waals surface area contributed by atoms with E-state index in [1.54, 1.807) is 0 Å². The van der Waals surface area contributed by atoms with E-state index in [0.29, 0.717) is 18.8 Å². The van der Waals surface area contributed by atoms with Gasteiger partial charge in [0, 0.05) is 36.8 Å². The summed E-state index contributed by atoms with van der Waals surface area (Å²) in [5, 5.41) is 4.04. The van der Waals surface area contributed by atoms with E-state index in [1.807, 2.05) is 17.1 Å². The number of fused-ring (bicyclic) bond motifs is 2. The molecule has 4 heterocycles. The Balaban J connectivity index is 1.42. The number of hydrogen-bond donors (Lipinski definition) is 0. The Morgan fingerprint density at radius 1 is 1.33 bits per heavy atom. The Bertz CT molecular complexity index is 780. The van der Waals surface area contributed by atoms with Gasteiger partial charge in [-0.3, -0.25) is 4.79 Å². The van der Waals surface area contributed by atoms with Crippen LogP contribution in [-0.4, -0.2) is 60.4 Å². The smallest absolute Gasteiger partial charge is 0.228 e. The van der Waals surface area contributed by atoms with Crippen LogP contribution in [0.5, 0.6) is 0 Å². The highest BCUT2D eigenvalue weighted by Crippen LogP contribution is 2.37. The van der Waals surface area contributed by atoms with E-state index in [-0.39, 0.29) is 34.2 Å². The minimum absolute atomic E-state index is 0.0497. The molecule has 1 aromatic rings. The van der Waals surface area contributed by atoms with Crippen LogP contribution >= 0.6 is 11.5 Å². The lowest BCUT2D eigenvalue weighted by atomic mass is 9.90. The van der Waals surface area contributed by atoms with E-state index in [2.05, 4.69) is 9.59 Å². The standard InChI is InChI=1S/C15H19N3O4S2/c1-24(20,21)15-13(16-17-23-15)9-4-6-18(7-5-9)14(19)11-8-10-2-3-12(11)22-10/h2-3,9-12H,4-8H2,1H3. The van der Waals surface area contributed by atoms with Crippen molar-refractivity contribution in [2.45, 2.75) is 41.6 Å². The molecule has 9 heteroatoms. The second-order valence-corrected chi connectivity index (χ2v) is 9.65. The fraction of sp³-hybridized carbons (Fsp3) is 0.667. The first-order chi connectivity index (χ1) is 11.4. The van der Waals surface area contributed by atoms with Gasteiger partial charge in [-0.15, -0.1) is 5.10 Å². The first-order valence-corrected chi connectivity index (χ1v) is 10.7. The highest BCUT2D eigenvalue weighted by molar-refractivity contribution is 7.92. The largest absolute Gasteiger partial charge is 0.366 e. The number of aromatic nitrogens is 2. The monoisotopic (exact) mass is 369 g/mol. The summed E-state index contributed by atoms with van der Waals surface area (Å²) in [6.45, 7) is 1.25. The fourth-order valence-electron chi connectivity index (χ4n) is 3.82. The predicted molar refractivity (Wildman–Crippen MR) is 87.5 cm³/mol. The fourth-order valence-corrected chi connectivity index (χ4v) is 5.55. The van der Waals surface area contributed by atoms with Crippen molar-refractivity contribution in [3.05, 3.63) is 17.8 Å². The Morgan fingerprint density at radius 3 is 2.67 bits per heavy atom. The van der Waals surface area contributed by atoms with Gasteiger partial charge in [-0.1, -0.05) is 16.6 Å². The normalized spacial score (nSPS) is 30.2. The maximum absolute atomic E-state index is 12.7. The Morgan fingerprint density at radius 2 is 2.08 bits per heavy atom. The molecule has 2 fully saturated rings. The summed E-state index contributed by atoms with van der Waals surface area (Å²) >= 11 is 0.932. The third kappa shape index (κ3) is 2.78. The van der Waals surface area contributed by atoms with Crippen LogP contribution in [0.15, 0.2) is 16.4 Å². The van der Waals surface area contributed by atoms with Crippen molar-refractivity contribution in [1.29, 1.82) is 0 Å². The number of carbonyl (C=O) groups excluding carboxylic acids is 1. The molecule has 1 aromatic heterocycles. The maximum atomic E-state index is 12.7. The molecule has 2 saturated heterocycles. The highest BCUT2D eigenvalue weighted by atomic mass is 32.2. The number of ether oxygens (including phenoxy) is 1. The van der Waals surface area contributed by atoms with Crippen LogP contribution in [0.1, 0.15) is 30.9 Å². The Labute approximate surface area is 144 Å². The molecule has 0 N–H and O–H groups in total. The lowest BCUT2D eigenvalue weighted by Gasteiger charge is -2.33. The second kappa shape index (κ2) is 5.89. The number of carbonyl (C=O) groups is 1. The van der Waals surface area contributed by atoms with Crippen LogP contribution in [0.25, 0.3) is 0 Å². The molecule has 3 aliphatic rings. The number of likely N-dealkylation sites (tertiary alicyclic amines) is 1. The lowest BCUT2D eigenvalue weighted by molar-refractivity contribution is -0.137. The minimum atomic E-state index is -3.30. The lowest BCUT2D eigenvalue weighted by Crippen LogP contribution is -2.43. The highest BCUT2D eigenvalue weighted by Gasteiger charge is 2.43. The summed E-state index contributed by atoms with van der Waals surface area (Å²) < 4.78 is 33.4.